The van der Waals surface area contributed by atoms with Gasteiger partial charge in [0.15, 0.2) is 0 Å². The van der Waals surface area contributed by atoms with E-state index in [-0.39, 0.29) is 5.91 Å². The van der Waals surface area contributed by atoms with Gasteiger partial charge in [-0.15, -0.1) is 0 Å². The molecule has 6 nitrogen and oxygen atoms in total. The molecular formula is C19H18N4O2. The first-order chi connectivity index (χ1) is 12.3. The van der Waals surface area contributed by atoms with Gasteiger partial charge in [-0.2, -0.15) is 5.10 Å². The monoisotopic (exact) mass is 334 g/mol. The van der Waals surface area contributed by atoms with Crippen LogP contribution in [-0.2, 0) is 6.54 Å². The van der Waals surface area contributed by atoms with Crippen molar-refractivity contribution >= 4 is 11.6 Å². The van der Waals surface area contributed by atoms with E-state index < -0.39 is 0 Å². The highest BCUT2D eigenvalue weighted by Gasteiger charge is 2.13. The number of nitrogens with one attached hydrogen (secondary N) is 2. The summed E-state index contributed by atoms with van der Waals surface area (Å²) in [5.41, 5.74) is 3.53. The Balaban J connectivity index is 1.40. The molecule has 0 fully saturated rings. The zero-order valence-corrected chi connectivity index (χ0v) is 13.6. The van der Waals surface area contributed by atoms with Crippen molar-refractivity contribution in [2.24, 2.45) is 0 Å². The fourth-order valence-corrected chi connectivity index (χ4v) is 2.75. The van der Waals surface area contributed by atoms with Crippen LogP contribution in [0.4, 0.5) is 5.69 Å². The quantitative estimate of drug-likeness (QED) is 0.770. The average molecular weight is 334 g/mol. The first-order valence-corrected chi connectivity index (χ1v) is 8.17. The number of aromatic nitrogens is 2. The van der Waals surface area contributed by atoms with Crippen molar-refractivity contribution in [1.29, 1.82) is 0 Å². The Morgan fingerprint density at radius 2 is 2.12 bits per heavy atom. The number of ether oxygens (including phenoxy) is 1. The summed E-state index contributed by atoms with van der Waals surface area (Å²) in [7, 11) is 0. The van der Waals surface area contributed by atoms with Crippen LogP contribution in [0.2, 0.25) is 0 Å². The molecule has 0 radical (unpaired) electrons. The Morgan fingerprint density at radius 3 is 2.92 bits per heavy atom. The standard InChI is InChI=1S/C19H18N4O2/c24-19(15-4-7-17-18(12-15)25-11-9-20-17)21-13-14-2-5-16(6-3-14)23-10-1-8-22-23/h1-8,10,12,20H,9,11,13H2,(H,21,24). The van der Waals surface area contributed by atoms with Gasteiger partial charge in [0.05, 0.1) is 11.4 Å². The molecule has 2 heterocycles. The van der Waals surface area contributed by atoms with E-state index in [9.17, 15) is 4.79 Å². The molecule has 0 atom stereocenters. The second kappa shape index (κ2) is 6.68. The van der Waals surface area contributed by atoms with Crippen molar-refractivity contribution in [3.05, 3.63) is 72.1 Å². The maximum absolute atomic E-state index is 12.4. The Bertz CT molecular complexity index is 873. The summed E-state index contributed by atoms with van der Waals surface area (Å²) >= 11 is 0. The van der Waals surface area contributed by atoms with E-state index in [0.717, 1.165) is 29.2 Å². The summed E-state index contributed by atoms with van der Waals surface area (Å²) in [6.45, 7) is 1.86. The molecule has 0 unspecified atom stereocenters. The molecule has 2 aromatic carbocycles. The predicted octanol–water partition coefficient (Wildman–Crippen LogP) is 2.61. The maximum Gasteiger partial charge on any atom is 0.251 e. The van der Waals surface area contributed by atoms with Crippen LogP contribution in [0.1, 0.15) is 15.9 Å². The van der Waals surface area contributed by atoms with Crippen molar-refractivity contribution in [3.8, 4) is 11.4 Å². The summed E-state index contributed by atoms with van der Waals surface area (Å²) in [5.74, 6) is 0.607. The second-order valence-electron chi connectivity index (χ2n) is 5.79. The zero-order chi connectivity index (χ0) is 17.1. The van der Waals surface area contributed by atoms with E-state index >= 15 is 0 Å². The van der Waals surface area contributed by atoms with E-state index in [0.29, 0.717) is 18.7 Å². The van der Waals surface area contributed by atoms with E-state index in [1.165, 1.54) is 0 Å². The van der Waals surface area contributed by atoms with Gasteiger partial charge in [0.1, 0.15) is 12.4 Å². The molecule has 2 N–H and O–H groups in total. The van der Waals surface area contributed by atoms with Gasteiger partial charge in [0, 0.05) is 31.0 Å². The van der Waals surface area contributed by atoms with Crippen molar-refractivity contribution in [1.82, 2.24) is 15.1 Å². The number of carbonyl (C=O) groups excluding carboxylic acids is 1. The summed E-state index contributed by atoms with van der Waals surface area (Å²) < 4.78 is 7.37. The molecule has 0 aliphatic carbocycles. The van der Waals surface area contributed by atoms with Gasteiger partial charge in [-0.3, -0.25) is 4.79 Å². The van der Waals surface area contributed by atoms with Gasteiger partial charge < -0.3 is 15.4 Å². The van der Waals surface area contributed by atoms with Gasteiger partial charge in [-0.25, -0.2) is 4.68 Å². The number of hydrogen-bond donors (Lipinski definition) is 2. The van der Waals surface area contributed by atoms with Crippen LogP contribution in [0.25, 0.3) is 5.69 Å². The molecule has 1 aliphatic rings. The minimum absolute atomic E-state index is 0.117. The van der Waals surface area contributed by atoms with Gasteiger partial charge in [-0.1, -0.05) is 12.1 Å². The van der Waals surface area contributed by atoms with Gasteiger partial charge in [0.25, 0.3) is 5.91 Å². The highest BCUT2D eigenvalue weighted by Crippen LogP contribution is 2.28. The predicted molar refractivity (Wildman–Crippen MR) is 95.2 cm³/mol. The number of benzene rings is 2. The first kappa shape index (κ1) is 15.3. The third kappa shape index (κ3) is 3.33. The molecule has 25 heavy (non-hydrogen) atoms. The fourth-order valence-electron chi connectivity index (χ4n) is 2.75. The second-order valence-corrected chi connectivity index (χ2v) is 5.79. The number of rotatable bonds is 4. The Hall–Kier alpha value is -3.28. The minimum atomic E-state index is -0.117. The normalized spacial score (nSPS) is 12.6. The molecule has 126 valence electrons. The number of carbonyl (C=O) groups is 1. The Kier molecular flexibility index (Phi) is 4.08. The lowest BCUT2D eigenvalue weighted by molar-refractivity contribution is 0.0950. The molecule has 0 saturated heterocycles. The van der Waals surface area contributed by atoms with Crippen LogP contribution in [0.15, 0.2) is 60.9 Å². The van der Waals surface area contributed by atoms with Crippen molar-refractivity contribution in [2.45, 2.75) is 6.54 Å². The molecule has 3 aromatic rings. The van der Waals surface area contributed by atoms with Crippen LogP contribution < -0.4 is 15.4 Å². The van der Waals surface area contributed by atoms with Crippen LogP contribution in [0, 0.1) is 0 Å². The molecule has 0 saturated carbocycles. The first-order valence-electron chi connectivity index (χ1n) is 8.17. The van der Waals surface area contributed by atoms with Crippen LogP contribution >= 0.6 is 0 Å². The lowest BCUT2D eigenvalue weighted by Gasteiger charge is -2.19. The highest BCUT2D eigenvalue weighted by molar-refractivity contribution is 5.95. The third-order valence-corrected chi connectivity index (χ3v) is 4.08. The van der Waals surface area contributed by atoms with Crippen LogP contribution in [0.5, 0.6) is 5.75 Å². The molecule has 6 heteroatoms. The molecule has 0 spiro atoms. The maximum atomic E-state index is 12.4. The summed E-state index contributed by atoms with van der Waals surface area (Å²) in [5, 5.41) is 10.4. The Labute approximate surface area is 145 Å². The highest BCUT2D eigenvalue weighted by atomic mass is 16.5. The van der Waals surface area contributed by atoms with Crippen molar-refractivity contribution < 1.29 is 9.53 Å². The van der Waals surface area contributed by atoms with E-state index in [2.05, 4.69) is 15.7 Å². The van der Waals surface area contributed by atoms with Crippen LogP contribution in [0.3, 0.4) is 0 Å². The lowest BCUT2D eigenvalue weighted by Crippen LogP contribution is -2.24. The lowest BCUT2D eigenvalue weighted by atomic mass is 10.1. The molecule has 1 aromatic heterocycles. The molecular weight excluding hydrogens is 316 g/mol. The summed E-state index contributed by atoms with van der Waals surface area (Å²) in [6.07, 6.45) is 3.63. The number of nitrogens with zero attached hydrogens (tertiary/aromatic N) is 2. The molecule has 1 aliphatic heterocycles. The topological polar surface area (TPSA) is 68.2 Å². The van der Waals surface area contributed by atoms with E-state index in [1.807, 2.05) is 42.6 Å². The van der Waals surface area contributed by atoms with Crippen molar-refractivity contribution in [2.75, 3.05) is 18.5 Å². The summed E-state index contributed by atoms with van der Waals surface area (Å²) in [6, 6.07) is 15.3. The van der Waals surface area contributed by atoms with E-state index in [1.54, 1.807) is 23.0 Å². The number of amides is 1. The number of hydrogen-bond acceptors (Lipinski definition) is 4. The molecule has 0 bridgehead atoms. The van der Waals surface area contributed by atoms with Crippen LogP contribution in [-0.4, -0.2) is 28.8 Å². The molecule has 4 rings (SSSR count). The fraction of sp³-hybridized carbons (Fsp3) is 0.158. The minimum Gasteiger partial charge on any atom is -0.490 e. The average Bonchev–Trinajstić information content (AvgIpc) is 3.21. The number of anilines is 1. The Morgan fingerprint density at radius 1 is 1.24 bits per heavy atom. The van der Waals surface area contributed by atoms with Gasteiger partial charge >= 0.3 is 0 Å². The zero-order valence-electron chi connectivity index (χ0n) is 13.6. The SMILES string of the molecule is O=C(NCc1ccc(-n2cccn2)cc1)c1ccc2c(c1)OCCN2. The van der Waals surface area contributed by atoms with Gasteiger partial charge in [-0.05, 0) is 42.0 Å². The molecule has 1 amide bonds. The third-order valence-electron chi connectivity index (χ3n) is 4.08. The number of fused-ring (bicyclic) bond motifs is 1. The van der Waals surface area contributed by atoms with Gasteiger partial charge in [0.2, 0.25) is 0 Å². The van der Waals surface area contributed by atoms with E-state index in [4.69, 9.17) is 4.74 Å². The largest absolute Gasteiger partial charge is 0.490 e. The smallest absolute Gasteiger partial charge is 0.251 e. The summed E-state index contributed by atoms with van der Waals surface area (Å²) in [4.78, 5) is 12.4. The van der Waals surface area contributed by atoms with Crippen molar-refractivity contribution in [3.63, 3.8) is 0 Å².